The van der Waals surface area contributed by atoms with Crippen molar-refractivity contribution >= 4 is 23.3 Å². The summed E-state index contributed by atoms with van der Waals surface area (Å²) >= 11 is 5.83. The fourth-order valence-electron chi connectivity index (χ4n) is 2.08. The molecule has 4 N–H and O–H groups in total. The minimum Gasteiger partial charge on any atom is -0.481 e. The van der Waals surface area contributed by atoms with Gasteiger partial charge in [0.1, 0.15) is 0 Å². The molecule has 1 aromatic rings. The molecule has 0 radical (unpaired) electrons. The summed E-state index contributed by atoms with van der Waals surface area (Å²) in [5, 5.41) is 12.7. The molecular weight excluding hydrogens is 228 g/mol. The Labute approximate surface area is 98.4 Å². The normalized spacial score (nSPS) is 24.6. The van der Waals surface area contributed by atoms with Crippen LogP contribution >= 0.6 is 11.6 Å². The van der Waals surface area contributed by atoms with E-state index in [0.29, 0.717) is 23.8 Å². The standard InChI is InChI=1S/C11H13ClN2O2/c12-9-2-1-6(3-10(9)13)7-4-14-5-8(7)11(15)16/h1-3,7-8,14H,4-5,13H2,(H,15,16). The predicted octanol–water partition coefficient (Wildman–Crippen LogP) is 1.31. The van der Waals surface area contributed by atoms with Crippen LogP contribution in [0.3, 0.4) is 0 Å². The van der Waals surface area contributed by atoms with E-state index >= 15 is 0 Å². The van der Waals surface area contributed by atoms with Crippen LogP contribution in [0, 0.1) is 5.92 Å². The summed E-state index contributed by atoms with van der Waals surface area (Å²) in [5.41, 5.74) is 7.14. The van der Waals surface area contributed by atoms with Crippen LogP contribution in [-0.2, 0) is 4.79 Å². The Morgan fingerprint density at radius 1 is 1.50 bits per heavy atom. The molecule has 1 heterocycles. The summed E-state index contributed by atoms with van der Waals surface area (Å²) in [6, 6.07) is 5.31. The number of anilines is 1. The Morgan fingerprint density at radius 2 is 2.25 bits per heavy atom. The number of benzene rings is 1. The van der Waals surface area contributed by atoms with E-state index in [1.807, 2.05) is 6.07 Å². The van der Waals surface area contributed by atoms with Gasteiger partial charge in [0.05, 0.1) is 16.6 Å². The summed E-state index contributed by atoms with van der Waals surface area (Å²) < 4.78 is 0. The zero-order chi connectivity index (χ0) is 11.7. The number of halogens is 1. The second-order valence-corrected chi connectivity index (χ2v) is 4.40. The van der Waals surface area contributed by atoms with E-state index < -0.39 is 5.97 Å². The first-order valence-electron chi connectivity index (χ1n) is 5.08. The van der Waals surface area contributed by atoms with Gasteiger partial charge in [-0.15, -0.1) is 0 Å². The van der Waals surface area contributed by atoms with E-state index in [-0.39, 0.29) is 11.8 Å². The maximum atomic E-state index is 11.0. The van der Waals surface area contributed by atoms with Crippen molar-refractivity contribution in [3.8, 4) is 0 Å². The molecule has 16 heavy (non-hydrogen) atoms. The Morgan fingerprint density at radius 3 is 2.88 bits per heavy atom. The van der Waals surface area contributed by atoms with Gasteiger partial charge in [0.2, 0.25) is 0 Å². The molecule has 2 rings (SSSR count). The van der Waals surface area contributed by atoms with Gasteiger partial charge in [-0.05, 0) is 17.7 Å². The highest BCUT2D eigenvalue weighted by molar-refractivity contribution is 6.33. The molecule has 0 saturated carbocycles. The lowest BCUT2D eigenvalue weighted by Gasteiger charge is -2.15. The molecular formula is C11H13ClN2O2. The number of nitrogens with two attached hydrogens (primary N) is 1. The first kappa shape index (κ1) is 11.2. The monoisotopic (exact) mass is 240 g/mol. The van der Waals surface area contributed by atoms with Crippen molar-refractivity contribution in [1.82, 2.24) is 5.32 Å². The molecule has 1 fully saturated rings. The average Bonchev–Trinajstić information content (AvgIpc) is 2.71. The molecule has 1 aliphatic heterocycles. The summed E-state index contributed by atoms with van der Waals surface area (Å²) in [6.45, 7) is 1.17. The van der Waals surface area contributed by atoms with Gasteiger partial charge in [-0.25, -0.2) is 0 Å². The van der Waals surface area contributed by atoms with Crippen LogP contribution in [0.15, 0.2) is 18.2 Å². The second kappa shape index (κ2) is 4.31. The summed E-state index contributed by atoms with van der Waals surface area (Å²) in [5.74, 6) is -1.19. The molecule has 2 atom stereocenters. The number of carboxylic acid groups (broad SMARTS) is 1. The lowest BCUT2D eigenvalue weighted by Crippen LogP contribution is -2.21. The Bertz CT molecular complexity index is 422. The third kappa shape index (κ3) is 1.99. The van der Waals surface area contributed by atoms with Gasteiger partial charge >= 0.3 is 5.97 Å². The third-order valence-corrected chi connectivity index (χ3v) is 3.32. The van der Waals surface area contributed by atoms with Crippen LogP contribution in [0.25, 0.3) is 0 Å². The van der Waals surface area contributed by atoms with Crippen LogP contribution in [0.1, 0.15) is 11.5 Å². The van der Waals surface area contributed by atoms with Crippen molar-refractivity contribution in [2.75, 3.05) is 18.8 Å². The van der Waals surface area contributed by atoms with Gasteiger partial charge in [0.15, 0.2) is 0 Å². The number of carbonyl (C=O) groups is 1. The molecule has 0 bridgehead atoms. The summed E-state index contributed by atoms with van der Waals surface area (Å²) in [4.78, 5) is 11.0. The van der Waals surface area contributed by atoms with E-state index in [4.69, 9.17) is 22.4 Å². The van der Waals surface area contributed by atoms with Gasteiger partial charge < -0.3 is 16.2 Å². The molecule has 86 valence electrons. The number of rotatable bonds is 2. The molecule has 1 saturated heterocycles. The Hall–Kier alpha value is -1.26. The second-order valence-electron chi connectivity index (χ2n) is 3.99. The van der Waals surface area contributed by atoms with Crippen molar-refractivity contribution in [2.24, 2.45) is 5.92 Å². The fourth-order valence-corrected chi connectivity index (χ4v) is 2.20. The molecule has 4 nitrogen and oxygen atoms in total. The highest BCUT2D eigenvalue weighted by atomic mass is 35.5. The minimum absolute atomic E-state index is 0.0305. The number of aliphatic carboxylic acids is 1. The quantitative estimate of drug-likeness (QED) is 0.682. The maximum Gasteiger partial charge on any atom is 0.308 e. The molecule has 1 aromatic carbocycles. The van der Waals surface area contributed by atoms with Gasteiger partial charge in [-0.1, -0.05) is 17.7 Å². The number of nitrogen functional groups attached to an aromatic ring is 1. The van der Waals surface area contributed by atoms with Crippen LogP contribution in [0.2, 0.25) is 5.02 Å². The topological polar surface area (TPSA) is 75.3 Å². The molecule has 0 aliphatic carbocycles. The largest absolute Gasteiger partial charge is 0.481 e. The predicted molar refractivity (Wildman–Crippen MR) is 62.6 cm³/mol. The number of hydrogen-bond acceptors (Lipinski definition) is 3. The van der Waals surface area contributed by atoms with Gasteiger partial charge in [-0.3, -0.25) is 4.79 Å². The SMILES string of the molecule is Nc1cc(C2CNCC2C(=O)O)ccc1Cl. The molecule has 5 heteroatoms. The minimum atomic E-state index is -0.775. The summed E-state index contributed by atoms with van der Waals surface area (Å²) in [7, 11) is 0. The Kier molecular flexibility index (Phi) is 3.03. The molecule has 0 amide bonds. The third-order valence-electron chi connectivity index (χ3n) is 2.98. The van der Waals surface area contributed by atoms with E-state index in [0.717, 1.165) is 5.56 Å². The zero-order valence-corrected chi connectivity index (χ0v) is 9.37. The summed E-state index contributed by atoms with van der Waals surface area (Å²) in [6.07, 6.45) is 0. The average molecular weight is 241 g/mol. The van der Waals surface area contributed by atoms with Crippen molar-refractivity contribution in [2.45, 2.75) is 5.92 Å². The van der Waals surface area contributed by atoms with Crippen LogP contribution in [0.4, 0.5) is 5.69 Å². The smallest absolute Gasteiger partial charge is 0.308 e. The van der Waals surface area contributed by atoms with Crippen molar-refractivity contribution in [3.05, 3.63) is 28.8 Å². The van der Waals surface area contributed by atoms with Gasteiger partial charge in [0, 0.05) is 19.0 Å². The Balaban J connectivity index is 2.29. The highest BCUT2D eigenvalue weighted by Crippen LogP contribution is 2.31. The van der Waals surface area contributed by atoms with Crippen LogP contribution in [-0.4, -0.2) is 24.2 Å². The lowest BCUT2D eigenvalue weighted by molar-refractivity contribution is -0.141. The molecule has 0 spiro atoms. The van der Waals surface area contributed by atoms with Gasteiger partial charge in [-0.2, -0.15) is 0 Å². The van der Waals surface area contributed by atoms with Crippen LogP contribution in [0.5, 0.6) is 0 Å². The van der Waals surface area contributed by atoms with E-state index in [2.05, 4.69) is 5.32 Å². The van der Waals surface area contributed by atoms with Crippen LogP contribution < -0.4 is 11.1 Å². The molecule has 1 aliphatic rings. The number of nitrogens with one attached hydrogen (secondary N) is 1. The van der Waals surface area contributed by atoms with Crippen molar-refractivity contribution in [1.29, 1.82) is 0 Å². The highest BCUT2D eigenvalue weighted by Gasteiger charge is 2.33. The number of carboxylic acids is 1. The lowest BCUT2D eigenvalue weighted by atomic mass is 9.89. The van der Waals surface area contributed by atoms with E-state index in [1.54, 1.807) is 12.1 Å². The zero-order valence-electron chi connectivity index (χ0n) is 8.61. The van der Waals surface area contributed by atoms with Gasteiger partial charge in [0.25, 0.3) is 0 Å². The maximum absolute atomic E-state index is 11.0. The van der Waals surface area contributed by atoms with Crippen molar-refractivity contribution < 1.29 is 9.90 Å². The first-order valence-corrected chi connectivity index (χ1v) is 5.46. The first-order chi connectivity index (χ1) is 7.59. The van der Waals surface area contributed by atoms with Crippen molar-refractivity contribution in [3.63, 3.8) is 0 Å². The molecule has 0 aromatic heterocycles. The number of hydrogen-bond donors (Lipinski definition) is 3. The van der Waals surface area contributed by atoms with E-state index in [9.17, 15) is 4.79 Å². The van der Waals surface area contributed by atoms with E-state index in [1.165, 1.54) is 0 Å². The fraction of sp³-hybridized carbons (Fsp3) is 0.364. The molecule has 2 unspecified atom stereocenters.